The Morgan fingerprint density at radius 3 is 2.71 bits per heavy atom. The molecule has 1 nitrogen and oxygen atoms in total. The summed E-state index contributed by atoms with van der Waals surface area (Å²) < 4.78 is 1.08. The van der Waals surface area contributed by atoms with Crippen molar-refractivity contribution in [3.63, 3.8) is 0 Å². The van der Waals surface area contributed by atoms with Crippen molar-refractivity contribution >= 4 is 38.4 Å². The Morgan fingerprint density at radius 2 is 2.06 bits per heavy atom. The van der Waals surface area contributed by atoms with Crippen molar-refractivity contribution in [3.8, 4) is 0 Å². The van der Waals surface area contributed by atoms with Crippen LogP contribution in [0.2, 0.25) is 5.02 Å². The second-order valence-electron chi connectivity index (χ2n) is 4.76. The van der Waals surface area contributed by atoms with Crippen molar-refractivity contribution in [1.82, 2.24) is 4.98 Å². The van der Waals surface area contributed by atoms with Gasteiger partial charge in [-0.3, -0.25) is 4.98 Å². The lowest BCUT2D eigenvalue weighted by molar-refractivity contribution is 0.637. The maximum Gasteiger partial charge on any atom is 0.0760 e. The Hall–Kier alpha value is -0.600. The van der Waals surface area contributed by atoms with Gasteiger partial charge in [-0.2, -0.15) is 0 Å². The standard InChI is InChI=1S/C14H15BrClN/c1-8(2)6-10-7-13(16)11-4-5-12(15)9(3)14(11)17-10/h4-5,7-8H,6H2,1-3H3. The highest BCUT2D eigenvalue weighted by Crippen LogP contribution is 2.30. The number of hydrogen-bond donors (Lipinski definition) is 0. The molecule has 0 aliphatic carbocycles. The van der Waals surface area contributed by atoms with Gasteiger partial charge in [-0.25, -0.2) is 0 Å². The Morgan fingerprint density at radius 1 is 1.35 bits per heavy atom. The molecular weight excluding hydrogens is 298 g/mol. The second-order valence-corrected chi connectivity index (χ2v) is 6.02. The molecule has 0 bridgehead atoms. The van der Waals surface area contributed by atoms with Gasteiger partial charge in [0.05, 0.1) is 10.5 Å². The lowest BCUT2D eigenvalue weighted by Crippen LogP contribution is -1.98. The van der Waals surface area contributed by atoms with Crippen LogP contribution in [0.1, 0.15) is 25.1 Å². The number of rotatable bonds is 2. The van der Waals surface area contributed by atoms with Gasteiger partial charge >= 0.3 is 0 Å². The van der Waals surface area contributed by atoms with Gasteiger partial charge in [0.15, 0.2) is 0 Å². The highest BCUT2D eigenvalue weighted by molar-refractivity contribution is 9.10. The van der Waals surface area contributed by atoms with Crippen molar-refractivity contribution in [2.24, 2.45) is 5.92 Å². The van der Waals surface area contributed by atoms with E-state index in [0.29, 0.717) is 5.92 Å². The van der Waals surface area contributed by atoms with Crippen molar-refractivity contribution in [3.05, 3.63) is 39.0 Å². The molecule has 0 spiro atoms. The fourth-order valence-electron chi connectivity index (χ4n) is 1.94. The summed E-state index contributed by atoms with van der Waals surface area (Å²) in [5.74, 6) is 0.587. The van der Waals surface area contributed by atoms with E-state index in [2.05, 4.69) is 36.7 Å². The van der Waals surface area contributed by atoms with Crippen LogP contribution in [0, 0.1) is 12.8 Å². The SMILES string of the molecule is Cc1c(Br)ccc2c(Cl)cc(CC(C)C)nc12. The Balaban J connectivity index is 2.66. The minimum atomic E-state index is 0.587. The van der Waals surface area contributed by atoms with E-state index in [1.807, 2.05) is 18.2 Å². The van der Waals surface area contributed by atoms with Crippen LogP contribution in [0.3, 0.4) is 0 Å². The van der Waals surface area contributed by atoms with Gasteiger partial charge < -0.3 is 0 Å². The predicted octanol–water partition coefficient (Wildman–Crippen LogP) is 5.16. The summed E-state index contributed by atoms with van der Waals surface area (Å²) in [6.07, 6.45) is 0.960. The molecule has 0 saturated heterocycles. The van der Waals surface area contributed by atoms with Crippen LogP contribution >= 0.6 is 27.5 Å². The van der Waals surface area contributed by atoms with Gasteiger partial charge in [-0.05, 0) is 37.0 Å². The van der Waals surface area contributed by atoms with Crippen LogP contribution in [0.25, 0.3) is 10.9 Å². The monoisotopic (exact) mass is 311 g/mol. The molecule has 17 heavy (non-hydrogen) atoms. The zero-order valence-corrected chi connectivity index (χ0v) is 12.6. The molecule has 90 valence electrons. The van der Waals surface area contributed by atoms with Crippen LogP contribution < -0.4 is 0 Å². The molecule has 2 rings (SSSR count). The molecule has 0 amide bonds. The summed E-state index contributed by atoms with van der Waals surface area (Å²) in [7, 11) is 0. The fourth-order valence-corrected chi connectivity index (χ4v) is 2.53. The molecule has 2 aromatic rings. The molecule has 0 atom stereocenters. The third-order valence-corrected chi connectivity index (χ3v) is 3.96. The third-order valence-electron chi connectivity index (χ3n) is 2.79. The van der Waals surface area contributed by atoms with E-state index in [4.69, 9.17) is 16.6 Å². The molecule has 0 saturated carbocycles. The maximum absolute atomic E-state index is 6.31. The quantitative estimate of drug-likeness (QED) is 0.746. The summed E-state index contributed by atoms with van der Waals surface area (Å²) in [4.78, 5) is 4.72. The zero-order chi connectivity index (χ0) is 12.6. The normalized spacial score (nSPS) is 11.4. The molecule has 1 heterocycles. The summed E-state index contributed by atoms with van der Waals surface area (Å²) >= 11 is 9.85. The average Bonchev–Trinajstić information content (AvgIpc) is 2.23. The lowest BCUT2D eigenvalue weighted by atomic mass is 10.1. The first-order valence-corrected chi connectivity index (χ1v) is 6.90. The highest BCUT2D eigenvalue weighted by atomic mass is 79.9. The Kier molecular flexibility index (Phi) is 3.74. The van der Waals surface area contributed by atoms with Gasteiger partial charge in [0.2, 0.25) is 0 Å². The number of pyridine rings is 1. The van der Waals surface area contributed by atoms with Crippen LogP contribution in [-0.4, -0.2) is 4.98 Å². The molecule has 0 fully saturated rings. The van der Waals surface area contributed by atoms with Crippen molar-refractivity contribution in [1.29, 1.82) is 0 Å². The molecule has 0 radical (unpaired) electrons. The smallest absolute Gasteiger partial charge is 0.0760 e. The van der Waals surface area contributed by atoms with Crippen LogP contribution in [0.4, 0.5) is 0 Å². The van der Waals surface area contributed by atoms with E-state index in [1.165, 1.54) is 0 Å². The van der Waals surface area contributed by atoms with E-state index in [0.717, 1.165) is 38.1 Å². The first kappa shape index (κ1) is 12.8. The first-order valence-electron chi connectivity index (χ1n) is 5.73. The largest absolute Gasteiger partial charge is 0.252 e. The second kappa shape index (κ2) is 4.95. The van der Waals surface area contributed by atoms with Crippen LogP contribution in [-0.2, 0) is 6.42 Å². The molecular formula is C14H15BrClN. The number of aromatic nitrogens is 1. The molecule has 1 aromatic carbocycles. The van der Waals surface area contributed by atoms with Crippen molar-refractivity contribution < 1.29 is 0 Å². The topological polar surface area (TPSA) is 12.9 Å². The minimum Gasteiger partial charge on any atom is -0.252 e. The van der Waals surface area contributed by atoms with E-state index >= 15 is 0 Å². The van der Waals surface area contributed by atoms with Gasteiger partial charge in [0.1, 0.15) is 0 Å². The number of nitrogens with zero attached hydrogens (tertiary/aromatic N) is 1. The lowest BCUT2D eigenvalue weighted by Gasteiger charge is -2.10. The zero-order valence-electron chi connectivity index (χ0n) is 10.2. The van der Waals surface area contributed by atoms with Gasteiger partial charge in [0, 0.05) is 15.6 Å². The summed E-state index contributed by atoms with van der Waals surface area (Å²) in [5, 5.41) is 1.82. The van der Waals surface area contributed by atoms with Crippen molar-refractivity contribution in [2.75, 3.05) is 0 Å². The fraction of sp³-hybridized carbons (Fsp3) is 0.357. The highest BCUT2D eigenvalue weighted by Gasteiger charge is 2.09. The van der Waals surface area contributed by atoms with E-state index < -0.39 is 0 Å². The Bertz CT molecular complexity index is 564. The third kappa shape index (κ3) is 2.63. The van der Waals surface area contributed by atoms with Crippen LogP contribution in [0.5, 0.6) is 0 Å². The number of benzene rings is 1. The molecule has 1 aromatic heterocycles. The molecule has 0 N–H and O–H groups in total. The number of aryl methyl sites for hydroxylation is 1. The van der Waals surface area contributed by atoms with E-state index in [-0.39, 0.29) is 0 Å². The minimum absolute atomic E-state index is 0.587. The van der Waals surface area contributed by atoms with Gasteiger partial charge in [0.25, 0.3) is 0 Å². The summed E-state index contributed by atoms with van der Waals surface area (Å²) in [6, 6.07) is 6.02. The molecule has 3 heteroatoms. The van der Waals surface area contributed by atoms with Crippen LogP contribution in [0.15, 0.2) is 22.7 Å². The molecule has 0 aliphatic rings. The van der Waals surface area contributed by atoms with E-state index in [1.54, 1.807) is 0 Å². The average molecular weight is 313 g/mol. The predicted molar refractivity (Wildman–Crippen MR) is 77.7 cm³/mol. The number of halogens is 2. The summed E-state index contributed by atoms with van der Waals surface area (Å²) in [5.41, 5.74) is 3.22. The molecule has 0 aliphatic heterocycles. The van der Waals surface area contributed by atoms with Gasteiger partial charge in [-0.15, -0.1) is 0 Å². The Labute approximate surface area is 115 Å². The number of hydrogen-bond acceptors (Lipinski definition) is 1. The molecule has 0 unspecified atom stereocenters. The maximum atomic E-state index is 6.31. The number of fused-ring (bicyclic) bond motifs is 1. The van der Waals surface area contributed by atoms with Crippen molar-refractivity contribution in [2.45, 2.75) is 27.2 Å². The first-order chi connectivity index (χ1) is 7.99. The van der Waals surface area contributed by atoms with E-state index in [9.17, 15) is 0 Å². The summed E-state index contributed by atoms with van der Waals surface area (Å²) in [6.45, 7) is 6.44. The van der Waals surface area contributed by atoms with Gasteiger partial charge in [-0.1, -0.05) is 47.4 Å².